The number of carbonyl (C=O) groups is 2. The topological polar surface area (TPSA) is 42.3 Å². The normalized spacial score (nSPS) is 14.2. The van der Waals surface area contributed by atoms with Gasteiger partial charge in [-0.2, -0.15) is 5.01 Å². The summed E-state index contributed by atoms with van der Waals surface area (Å²) in [5, 5.41) is 1.19. The Labute approximate surface area is 104 Å². The van der Waals surface area contributed by atoms with E-state index in [9.17, 15) is 9.59 Å². The van der Waals surface area contributed by atoms with Gasteiger partial charge < -0.3 is 0 Å². The minimum Gasteiger partial charge on any atom is -0.267 e. The van der Waals surface area contributed by atoms with Gasteiger partial charge in [-0.25, -0.2) is 0 Å². The van der Waals surface area contributed by atoms with E-state index in [1.54, 1.807) is 35.1 Å². The molecule has 0 fully saturated rings. The second-order valence-electron chi connectivity index (χ2n) is 4.47. The highest BCUT2D eigenvalue weighted by atomic mass is 16.2. The van der Waals surface area contributed by atoms with Gasteiger partial charge in [0.1, 0.15) is 0 Å². The number of aryl methyl sites for hydroxylation is 2. The third-order valence-electron chi connectivity index (χ3n) is 3.11. The number of carbonyl (C=O) groups excluding carboxylic acids is 2. The molecule has 2 amide bonds. The first-order valence-corrected chi connectivity index (χ1v) is 5.73. The van der Waals surface area contributed by atoms with Gasteiger partial charge in [-0.15, -0.1) is 0 Å². The smallest absolute Gasteiger partial charge is 0.267 e. The van der Waals surface area contributed by atoms with Crippen molar-refractivity contribution >= 4 is 11.8 Å². The molecule has 0 bridgehead atoms. The van der Waals surface area contributed by atoms with Crippen LogP contribution in [0.2, 0.25) is 0 Å². The highest BCUT2D eigenvalue weighted by molar-refractivity contribution is 6.30. The molecule has 0 saturated carbocycles. The molecule has 0 spiro atoms. The van der Waals surface area contributed by atoms with Crippen molar-refractivity contribution in [3.63, 3.8) is 0 Å². The fourth-order valence-electron chi connectivity index (χ4n) is 2.32. The Balaban J connectivity index is 2.15. The first kappa shape index (κ1) is 10.8. The van der Waals surface area contributed by atoms with E-state index in [2.05, 4.69) is 0 Å². The zero-order chi connectivity index (χ0) is 12.9. The summed E-state index contributed by atoms with van der Waals surface area (Å²) >= 11 is 0. The van der Waals surface area contributed by atoms with Crippen molar-refractivity contribution in [2.75, 3.05) is 5.01 Å². The fourth-order valence-corrected chi connectivity index (χ4v) is 2.32. The zero-order valence-corrected chi connectivity index (χ0v) is 10.2. The summed E-state index contributed by atoms with van der Waals surface area (Å²) in [5.41, 5.74) is 2.81. The first-order chi connectivity index (χ1) is 8.59. The van der Waals surface area contributed by atoms with Crippen LogP contribution in [0.4, 0.5) is 0 Å². The van der Waals surface area contributed by atoms with Crippen LogP contribution >= 0.6 is 0 Å². The summed E-state index contributed by atoms with van der Waals surface area (Å²) in [6.07, 6.45) is 1.79. The summed E-state index contributed by atoms with van der Waals surface area (Å²) in [4.78, 5) is 24.5. The molecule has 3 rings (SSSR count). The van der Waals surface area contributed by atoms with Crippen LogP contribution in [-0.4, -0.2) is 16.5 Å². The Bertz CT molecular complexity index is 635. The van der Waals surface area contributed by atoms with E-state index >= 15 is 0 Å². The predicted molar refractivity (Wildman–Crippen MR) is 67.2 cm³/mol. The molecule has 0 unspecified atom stereocenters. The SMILES string of the molecule is Cc1cc(C)n(N2C(=O)c3ccccc3C2=O)c1. The van der Waals surface area contributed by atoms with Crippen LogP contribution in [-0.2, 0) is 0 Å². The number of amides is 2. The Hall–Kier alpha value is -2.36. The fraction of sp³-hybridized carbons (Fsp3) is 0.143. The Kier molecular flexibility index (Phi) is 2.13. The lowest BCUT2D eigenvalue weighted by molar-refractivity contribution is 0.0885. The third-order valence-corrected chi connectivity index (χ3v) is 3.11. The number of hydrogen-bond donors (Lipinski definition) is 0. The molecule has 0 N–H and O–H groups in total. The Morgan fingerprint density at radius 2 is 1.50 bits per heavy atom. The number of rotatable bonds is 1. The van der Waals surface area contributed by atoms with E-state index in [4.69, 9.17) is 0 Å². The lowest BCUT2D eigenvalue weighted by Gasteiger charge is -2.17. The summed E-state index contributed by atoms with van der Waals surface area (Å²) in [6.45, 7) is 3.80. The summed E-state index contributed by atoms with van der Waals surface area (Å²) in [6, 6.07) is 8.83. The van der Waals surface area contributed by atoms with Crippen LogP contribution in [0.25, 0.3) is 0 Å². The quantitative estimate of drug-likeness (QED) is 0.716. The van der Waals surface area contributed by atoms with Gasteiger partial charge in [-0.1, -0.05) is 12.1 Å². The molecule has 0 atom stereocenters. The molecular formula is C14H12N2O2. The minimum atomic E-state index is -0.269. The van der Waals surface area contributed by atoms with Gasteiger partial charge in [-0.3, -0.25) is 14.3 Å². The highest BCUT2D eigenvalue weighted by Gasteiger charge is 2.36. The summed E-state index contributed by atoms with van der Waals surface area (Å²) < 4.78 is 1.61. The van der Waals surface area contributed by atoms with Gasteiger partial charge in [-0.05, 0) is 37.6 Å². The molecule has 2 heterocycles. The molecule has 1 aromatic carbocycles. The number of hydrogen-bond acceptors (Lipinski definition) is 2. The maximum atomic E-state index is 12.3. The molecular weight excluding hydrogens is 228 g/mol. The van der Waals surface area contributed by atoms with E-state index < -0.39 is 0 Å². The van der Waals surface area contributed by atoms with Gasteiger partial charge >= 0.3 is 0 Å². The average molecular weight is 240 g/mol. The molecule has 2 aromatic rings. The first-order valence-electron chi connectivity index (χ1n) is 5.73. The van der Waals surface area contributed by atoms with Crippen molar-refractivity contribution in [2.24, 2.45) is 0 Å². The molecule has 1 aromatic heterocycles. The van der Waals surface area contributed by atoms with E-state index in [0.29, 0.717) is 11.1 Å². The van der Waals surface area contributed by atoms with Crippen molar-refractivity contribution in [1.29, 1.82) is 0 Å². The van der Waals surface area contributed by atoms with Crippen LogP contribution in [0.1, 0.15) is 32.0 Å². The maximum Gasteiger partial charge on any atom is 0.281 e. The van der Waals surface area contributed by atoms with E-state index in [1.165, 1.54) is 5.01 Å². The number of benzene rings is 1. The molecule has 1 aliphatic rings. The molecule has 4 heteroatoms. The monoisotopic (exact) mass is 240 g/mol. The second-order valence-corrected chi connectivity index (χ2v) is 4.47. The van der Waals surface area contributed by atoms with Crippen molar-refractivity contribution in [2.45, 2.75) is 13.8 Å². The van der Waals surface area contributed by atoms with Crippen LogP contribution in [0.15, 0.2) is 36.5 Å². The predicted octanol–water partition coefficient (Wildman–Crippen LogP) is 2.04. The van der Waals surface area contributed by atoms with E-state index in [1.807, 2.05) is 19.9 Å². The van der Waals surface area contributed by atoms with Crippen molar-refractivity contribution in [3.05, 3.63) is 58.9 Å². The molecule has 18 heavy (non-hydrogen) atoms. The zero-order valence-electron chi connectivity index (χ0n) is 10.2. The van der Waals surface area contributed by atoms with Gasteiger partial charge in [0, 0.05) is 11.9 Å². The van der Waals surface area contributed by atoms with Crippen LogP contribution in [0.5, 0.6) is 0 Å². The molecule has 90 valence electrons. The van der Waals surface area contributed by atoms with Gasteiger partial charge in [0.15, 0.2) is 0 Å². The second kappa shape index (κ2) is 3.57. The Morgan fingerprint density at radius 1 is 0.944 bits per heavy atom. The lowest BCUT2D eigenvalue weighted by Crippen LogP contribution is -2.39. The van der Waals surface area contributed by atoms with Gasteiger partial charge in [0.2, 0.25) is 0 Å². The standard InChI is InChI=1S/C14H12N2O2/c1-9-7-10(2)15(8-9)16-13(17)11-5-3-4-6-12(11)14(16)18/h3-8H,1-2H3. The number of fused-ring (bicyclic) bond motifs is 1. The number of nitrogens with zero attached hydrogens (tertiary/aromatic N) is 2. The largest absolute Gasteiger partial charge is 0.281 e. The lowest BCUT2D eigenvalue weighted by atomic mass is 10.1. The van der Waals surface area contributed by atoms with E-state index in [-0.39, 0.29) is 11.8 Å². The van der Waals surface area contributed by atoms with Crippen molar-refractivity contribution < 1.29 is 9.59 Å². The Morgan fingerprint density at radius 3 is 1.94 bits per heavy atom. The van der Waals surface area contributed by atoms with E-state index in [0.717, 1.165) is 11.3 Å². The van der Waals surface area contributed by atoms with Crippen molar-refractivity contribution in [1.82, 2.24) is 4.68 Å². The molecule has 0 saturated heterocycles. The number of imide groups is 1. The molecule has 1 aliphatic heterocycles. The molecule has 0 radical (unpaired) electrons. The third kappa shape index (κ3) is 1.32. The maximum absolute atomic E-state index is 12.3. The van der Waals surface area contributed by atoms with Crippen LogP contribution in [0, 0.1) is 13.8 Å². The summed E-state index contributed by atoms with van der Waals surface area (Å²) in [5.74, 6) is -0.538. The van der Waals surface area contributed by atoms with Crippen LogP contribution in [0.3, 0.4) is 0 Å². The number of aromatic nitrogens is 1. The molecule has 4 nitrogen and oxygen atoms in total. The minimum absolute atomic E-state index is 0.269. The summed E-state index contributed by atoms with van der Waals surface area (Å²) in [7, 11) is 0. The van der Waals surface area contributed by atoms with Gasteiger partial charge in [0.25, 0.3) is 11.8 Å². The molecule has 0 aliphatic carbocycles. The highest BCUT2D eigenvalue weighted by Crippen LogP contribution is 2.22. The van der Waals surface area contributed by atoms with Crippen LogP contribution < -0.4 is 5.01 Å². The van der Waals surface area contributed by atoms with Gasteiger partial charge in [0.05, 0.1) is 11.1 Å². The van der Waals surface area contributed by atoms with Crippen molar-refractivity contribution in [3.8, 4) is 0 Å². The average Bonchev–Trinajstić information content (AvgIpc) is 2.79.